The predicted octanol–water partition coefficient (Wildman–Crippen LogP) is 2.19. The number of carbonyl (C=O) groups is 2. The van der Waals surface area contributed by atoms with E-state index >= 15 is 0 Å². The molecule has 0 unspecified atom stereocenters. The van der Waals surface area contributed by atoms with Gasteiger partial charge in [-0.2, -0.15) is 0 Å². The lowest BCUT2D eigenvalue weighted by Crippen LogP contribution is -2.34. The molecule has 0 bridgehead atoms. The minimum absolute atomic E-state index is 0.239. The number of para-hydroxylation sites is 1. The molecule has 0 spiro atoms. The summed E-state index contributed by atoms with van der Waals surface area (Å²) in [4.78, 5) is 23.6. The number of hydrogen-bond acceptors (Lipinski definition) is 4. The lowest BCUT2D eigenvalue weighted by molar-refractivity contribution is 0.0901. The summed E-state index contributed by atoms with van der Waals surface area (Å²) in [5, 5.41) is 6.20. The van der Waals surface area contributed by atoms with Gasteiger partial charge in [0.2, 0.25) is 0 Å². The summed E-state index contributed by atoms with van der Waals surface area (Å²) in [7, 11) is 0. The van der Waals surface area contributed by atoms with Crippen LogP contribution in [0.2, 0.25) is 0 Å². The molecule has 0 radical (unpaired) electrons. The quantitative estimate of drug-likeness (QED) is 0.707. The van der Waals surface area contributed by atoms with Crippen molar-refractivity contribution in [2.45, 2.75) is 0 Å². The van der Waals surface area contributed by atoms with Crippen LogP contribution in [0.3, 0.4) is 0 Å². The van der Waals surface area contributed by atoms with Crippen molar-refractivity contribution in [3.8, 4) is 0 Å². The number of amides is 2. The molecule has 0 fully saturated rings. The molecule has 2 amide bonds. The number of hydrogen-bond donors (Lipinski definition) is 2. The second-order valence-corrected chi connectivity index (χ2v) is 4.64. The normalized spacial score (nSPS) is 10.5. The summed E-state index contributed by atoms with van der Waals surface area (Å²) in [6.45, 7) is 0.591. The van der Waals surface area contributed by atoms with Crippen LogP contribution in [0, 0.1) is 0 Å². The molecule has 0 saturated heterocycles. The SMILES string of the molecule is O=C(NCCNC(=O)c1cc2ccccc2o1)c1ccco1. The van der Waals surface area contributed by atoms with E-state index in [0.717, 1.165) is 5.39 Å². The Morgan fingerprint density at radius 1 is 0.909 bits per heavy atom. The zero-order chi connectivity index (χ0) is 15.4. The number of nitrogens with one attached hydrogen (secondary N) is 2. The van der Waals surface area contributed by atoms with Crippen LogP contribution in [-0.4, -0.2) is 24.9 Å². The number of carbonyl (C=O) groups excluding carboxylic acids is 2. The Hall–Kier alpha value is -3.02. The molecule has 6 heteroatoms. The van der Waals surface area contributed by atoms with E-state index in [4.69, 9.17) is 8.83 Å². The second-order valence-electron chi connectivity index (χ2n) is 4.64. The van der Waals surface area contributed by atoms with Crippen molar-refractivity contribution in [3.63, 3.8) is 0 Å². The monoisotopic (exact) mass is 298 g/mol. The fraction of sp³-hybridized carbons (Fsp3) is 0.125. The first-order valence-corrected chi connectivity index (χ1v) is 6.82. The van der Waals surface area contributed by atoms with Crippen LogP contribution in [0.15, 0.2) is 57.6 Å². The Bertz CT molecular complexity index is 756. The molecule has 22 heavy (non-hydrogen) atoms. The van der Waals surface area contributed by atoms with Gasteiger partial charge >= 0.3 is 0 Å². The van der Waals surface area contributed by atoms with Crippen LogP contribution >= 0.6 is 0 Å². The third-order valence-corrected chi connectivity index (χ3v) is 3.09. The molecule has 1 aromatic carbocycles. The maximum absolute atomic E-state index is 12.0. The third-order valence-electron chi connectivity index (χ3n) is 3.09. The summed E-state index contributed by atoms with van der Waals surface area (Å²) in [6.07, 6.45) is 1.43. The highest BCUT2D eigenvalue weighted by atomic mass is 16.3. The molecule has 3 aromatic rings. The number of rotatable bonds is 5. The standard InChI is InChI=1S/C16H14N2O4/c19-15(13-6-3-9-21-13)17-7-8-18-16(20)14-10-11-4-1-2-5-12(11)22-14/h1-6,9-10H,7-8H2,(H,17,19)(H,18,20). The first-order chi connectivity index (χ1) is 10.7. The van der Waals surface area contributed by atoms with Crippen LogP contribution in [0.1, 0.15) is 21.1 Å². The Morgan fingerprint density at radius 3 is 2.32 bits per heavy atom. The minimum Gasteiger partial charge on any atom is -0.459 e. The first-order valence-electron chi connectivity index (χ1n) is 6.82. The summed E-state index contributed by atoms with van der Waals surface area (Å²) in [6, 6.07) is 12.3. The molecule has 6 nitrogen and oxygen atoms in total. The van der Waals surface area contributed by atoms with E-state index < -0.39 is 0 Å². The largest absolute Gasteiger partial charge is 0.459 e. The van der Waals surface area contributed by atoms with Crippen molar-refractivity contribution >= 4 is 22.8 Å². The highest BCUT2D eigenvalue weighted by Gasteiger charge is 2.12. The van der Waals surface area contributed by atoms with E-state index in [2.05, 4.69) is 10.6 Å². The van der Waals surface area contributed by atoms with Crippen molar-refractivity contribution in [2.75, 3.05) is 13.1 Å². The van der Waals surface area contributed by atoms with Crippen LogP contribution in [0.25, 0.3) is 11.0 Å². The van der Waals surface area contributed by atoms with Crippen LogP contribution < -0.4 is 10.6 Å². The topological polar surface area (TPSA) is 84.5 Å². The van der Waals surface area contributed by atoms with Gasteiger partial charge < -0.3 is 19.5 Å². The maximum atomic E-state index is 12.0. The van der Waals surface area contributed by atoms with Gasteiger partial charge in [-0.05, 0) is 24.3 Å². The summed E-state index contributed by atoms with van der Waals surface area (Å²) in [5.41, 5.74) is 0.666. The molecule has 0 atom stereocenters. The molecular formula is C16H14N2O4. The molecular weight excluding hydrogens is 284 g/mol. The van der Waals surface area contributed by atoms with Gasteiger partial charge in [0.15, 0.2) is 11.5 Å². The van der Waals surface area contributed by atoms with Gasteiger partial charge in [0.05, 0.1) is 6.26 Å². The van der Waals surface area contributed by atoms with Crippen molar-refractivity contribution in [3.05, 3.63) is 60.2 Å². The number of fused-ring (bicyclic) bond motifs is 1. The summed E-state index contributed by atoms with van der Waals surface area (Å²) >= 11 is 0. The Labute approximate surface area is 126 Å². The van der Waals surface area contributed by atoms with E-state index in [1.807, 2.05) is 18.2 Å². The molecule has 3 rings (SSSR count). The van der Waals surface area contributed by atoms with E-state index in [1.165, 1.54) is 6.26 Å². The van der Waals surface area contributed by atoms with Crippen molar-refractivity contribution in [1.82, 2.24) is 10.6 Å². The maximum Gasteiger partial charge on any atom is 0.287 e. The van der Waals surface area contributed by atoms with Crippen molar-refractivity contribution in [2.24, 2.45) is 0 Å². The van der Waals surface area contributed by atoms with Gasteiger partial charge in [-0.3, -0.25) is 9.59 Å². The molecule has 0 aliphatic carbocycles. The van der Waals surface area contributed by atoms with Crippen LogP contribution in [0.4, 0.5) is 0 Å². The molecule has 2 heterocycles. The zero-order valence-electron chi connectivity index (χ0n) is 11.7. The van der Waals surface area contributed by atoms with Gasteiger partial charge in [0.25, 0.3) is 11.8 Å². The average molecular weight is 298 g/mol. The molecule has 2 N–H and O–H groups in total. The Balaban J connectivity index is 1.49. The predicted molar refractivity (Wildman–Crippen MR) is 79.6 cm³/mol. The van der Waals surface area contributed by atoms with E-state index in [0.29, 0.717) is 18.7 Å². The van der Waals surface area contributed by atoms with E-state index in [9.17, 15) is 9.59 Å². The van der Waals surface area contributed by atoms with Crippen molar-refractivity contribution in [1.29, 1.82) is 0 Å². The fourth-order valence-electron chi connectivity index (χ4n) is 2.03. The molecule has 2 aromatic heterocycles. The summed E-state index contributed by atoms with van der Waals surface area (Å²) < 4.78 is 10.4. The molecule has 0 aliphatic rings. The Morgan fingerprint density at radius 2 is 1.64 bits per heavy atom. The van der Waals surface area contributed by atoms with Crippen LogP contribution in [-0.2, 0) is 0 Å². The van der Waals surface area contributed by atoms with Crippen molar-refractivity contribution < 1.29 is 18.4 Å². The van der Waals surface area contributed by atoms with Gasteiger partial charge in [-0.1, -0.05) is 18.2 Å². The third kappa shape index (κ3) is 3.01. The van der Waals surface area contributed by atoms with Gasteiger partial charge in [0.1, 0.15) is 5.58 Å². The first kappa shape index (κ1) is 13.9. The lowest BCUT2D eigenvalue weighted by Gasteiger charge is -2.04. The summed E-state index contributed by atoms with van der Waals surface area (Å²) in [5.74, 6) is -0.145. The van der Waals surface area contributed by atoms with E-state index in [1.54, 1.807) is 24.3 Å². The van der Waals surface area contributed by atoms with Gasteiger partial charge in [-0.25, -0.2) is 0 Å². The van der Waals surface area contributed by atoms with Crippen LogP contribution in [0.5, 0.6) is 0 Å². The van der Waals surface area contributed by atoms with E-state index in [-0.39, 0.29) is 23.3 Å². The molecule has 112 valence electrons. The Kier molecular flexibility index (Phi) is 3.91. The lowest BCUT2D eigenvalue weighted by atomic mass is 10.2. The minimum atomic E-state index is -0.317. The van der Waals surface area contributed by atoms with Gasteiger partial charge in [0, 0.05) is 18.5 Å². The second kappa shape index (κ2) is 6.17. The highest BCUT2D eigenvalue weighted by molar-refractivity contribution is 5.96. The molecule has 0 aliphatic heterocycles. The number of furan rings is 2. The number of benzene rings is 1. The fourth-order valence-corrected chi connectivity index (χ4v) is 2.03. The highest BCUT2D eigenvalue weighted by Crippen LogP contribution is 2.18. The zero-order valence-corrected chi connectivity index (χ0v) is 11.7. The van der Waals surface area contributed by atoms with Gasteiger partial charge in [-0.15, -0.1) is 0 Å². The smallest absolute Gasteiger partial charge is 0.287 e. The molecule has 0 saturated carbocycles. The average Bonchev–Trinajstić information content (AvgIpc) is 3.19.